The van der Waals surface area contributed by atoms with Gasteiger partial charge in [0.1, 0.15) is 5.82 Å². The Balaban J connectivity index is 2.03. The molecule has 3 rings (SSSR count). The first kappa shape index (κ1) is 15.7. The van der Waals surface area contributed by atoms with Gasteiger partial charge in [-0.15, -0.1) is 0 Å². The van der Waals surface area contributed by atoms with Gasteiger partial charge < -0.3 is 4.57 Å². The highest BCUT2D eigenvalue weighted by molar-refractivity contribution is 7.71. The summed E-state index contributed by atoms with van der Waals surface area (Å²) in [5, 5.41) is 11.9. The van der Waals surface area contributed by atoms with E-state index in [4.69, 9.17) is 23.8 Å². The van der Waals surface area contributed by atoms with Crippen LogP contribution in [0.25, 0.3) is 5.69 Å². The van der Waals surface area contributed by atoms with Crippen LogP contribution >= 0.6 is 23.8 Å². The van der Waals surface area contributed by atoms with Crippen LogP contribution in [-0.2, 0) is 0 Å². The van der Waals surface area contributed by atoms with E-state index in [-0.39, 0.29) is 0 Å². The Kier molecular flexibility index (Phi) is 4.19. The molecule has 118 valence electrons. The lowest BCUT2D eigenvalue weighted by Crippen LogP contribution is -2.00. The number of hydrogen-bond donors (Lipinski definition) is 1. The van der Waals surface area contributed by atoms with Crippen LogP contribution in [0.5, 0.6) is 0 Å². The molecule has 1 N–H and O–H groups in total. The van der Waals surface area contributed by atoms with Crippen LogP contribution in [0.3, 0.4) is 0 Å². The number of H-pyrrole nitrogens is 1. The maximum atomic E-state index is 6.10. The smallest absolute Gasteiger partial charge is 0.216 e. The Morgan fingerprint density at radius 3 is 2.70 bits per heavy atom. The summed E-state index contributed by atoms with van der Waals surface area (Å²) in [6.07, 6.45) is 1.79. The number of aromatic nitrogens is 4. The van der Waals surface area contributed by atoms with Gasteiger partial charge in [-0.1, -0.05) is 17.7 Å². The molecular weight excluding hydrogens is 330 g/mol. The predicted octanol–water partition coefficient (Wildman–Crippen LogP) is 4.19. The van der Waals surface area contributed by atoms with Crippen molar-refractivity contribution in [3.63, 3.8) is 0 Å². The zero-order valence-corrected chi connectivity index (χ0v) is 14.6. The molecule has 1 aromatic carbocycles. The molecule has 0 aliphatic heterocycles. The van der Waals surface area contributed by atoms with Gasteiger partial charge in [-0.25, -0.2) is 0 Å². The number of benzene rings is 1. The summed E-state index contributed by atoms with van der Waals surface area (Å²) >= 11 is 11.3. The van der Waals surface area contributed by atoms with Crippen molar-refractivity contribution in [1.82, 2.24) is 19.4 Å². The molecule has 5 nitrogen and oxygen atoms in total. The van der Waals surface area contributed by atoms with E-state index in [0.29, 0.717) is 9.79 Å². The van der Waals surface area contributed by atoms with Crippen molar-refractivity contribution in [2.45, 2.75) is 20.8 Å². The molecule has 0 radical (unpaired) electrons. The highest BCUT2D eigenvalue weighted by atomic mass is 35.5. The highest BCUT2D eigenvalue weighted by Gasteiger charge is 2.10. The van der Waals surface area contributed by atoms with Crippen LogP contribution in [0.2, 0.25) is 5.02 Å². The van der Waals surface area contributed by atoms with Crippen molar-refractivity contribution >= 4 is 30.0 Å². The molecule has 2 aromatic heterocycles. The molecule has 0 atom stereocenters. The Labute approximate surface area is 144 Å². The van der Waals surface area contributed by atoms with Gasteiger partial charge in [0.05, 0.1) is 6.21 Å². The van der Waals surface area contributed by atoms with Crippen molar-refractivity contribution in [3.8, 4) is 5.69 Å². The fourth-order valence-corrected chi connectivity index (χ4v) is 2.97. The molecule has 0 unspecified atom stereocenters. The molecule has 3 aromatic rings. The lowest BCUT2D eigenvalue weighted by atomic mass is 10.2. The van der Waals surface area contributed by atoms with E-state index in [0.717, 1.165) is 28.5 Å². The van der Waals surface area contributed by atoms with E-state index >= 15 is 0 Å². The predicted molar refractivity (Wildman–Crippen MR) is 95.4 cm³/mol. The van der Waals surface area contributed by atoms with Crippen molar-refractivity contribution < 1.29 is 0 Å². The molecule has 0 spiro atoms. The van der Waals surface area contributed by atoms with Crippen LogP contribution in [0, 0.1) is 25.5 Å². The van der Waals surface area contributed by atoms with Gasteiger partial charge in [0, 0.05) is 27.7 Å². The van der Waals surface area contributed by atoms with Crippen LogP contribution in [0.15, 0.2) is 35.4 Å². The molecule has 2 heterocycles. The zero-order valence-electron chi connectivity index (χ0n) is 13.0. The van der Waals surface area contributed by atoms with Crippen LogP contribution in [-0.4, -0.2) is 25.7 Å². The van der Waals surface area contributed by atoms with Crippen molar-refractivity contribution in [1.29, 1.82) is 0 Å². The Morgan fingerprint density at radius 2 is 2.04 bits per heavy atom. The molecule has 0 amide bonds. The van der Waals surface area contributed by atoms with Crippen LogP contribution < -0.4 is 0 Å². The van der Waals surface area contributed by atoms with Crippen molar-refractivity contribution in [3.05, 3.63) is 62.9 Å². The second kappa shape index (κ2) is 6.14. The number of aromatic amines is 1. The molecule has 7 heteroatoms. The summed E-state index contributed by atoms with van der Waals surface area (Å²) in [4.78, 5) is 0. The minimum absolute atomic E-state index is 0.474. The number of nitrogens with one attached hydrogen (secondary N) is 1. The molecule has 0 aliphatic carbocycles. The van der Waals surface area contributed by atoms with E-state index in [9.17, 15) is 0 Å². The lowest BCUT2D eigenvalue weighted by Gasteiger charge is -2.09. The summed E-state index contributed by atoms with van der Waals surface area (Å²) in [5.41, 5.74) is 4.24. The third kappa shape index (κ3) is 3.00. The summed E-state index contributed by atoms with van der Waals surface area (Å²) < 4.78 is 4.22. The second-order valence-electron chi connectivity index (χ2n) is 5.27. The average molecular weight is 346 g/mol. The van der Waals surface area contributed by atoms with Gasteiger partial charge in [-0.3, -0.25) is 5.10 Å². The molecule has 0 saturated heterocycles. The molecule has 0 fully saturated rings. The van der Waals surface area contributed by atoms with Gasteiger partial charge >= 0.3 is 0 Å². The van der Waals surface area contributed by atoms with Crippen LogP contribution in [0.4, 0.5) is 0 Å². The van der Waals surface area contributed by atoms with E-state index in [1.165, 1.54) is 0 Å². The first-order chi connectivity index (χ1) is 11.0. The van der Waals surface area contributed by atoms with Gasteiger partial charge in [-0.2, -0.15) is 14.9 Å². The molecule has 23 heavy (non-hydrogen) atoms. The Bertz CT molecular complexity index is 948. The molecule has 0 bridgehead atoms. The fraction of sp³-hybridized carbons (Fsp3) is 0.188. The third-order valence-electron chi connectivity index (χ3n) is 3.66. The van der Waals surface area contributed by atoms with E-state index < -0.39 is 0 Å². The first-order valence-electron chi connectivity index (χ1n) is 7.10. The minimum atomic E-state index is 0.474. The number of halogens is 1. The minimum Gasteiger partial charge on any atom is -0.318 e. The maximum absolute atomic E-state index is 6.10. The summed E-state index contributed by atoms with van der Waals surface area (Å²) in [5.74, 6) is 0.717. The first-order valence-corrected chi connectivity index (χ1v) is 7.89. The van der Waals surface area contributed by atoms with Crippen LogP contribution in [0.1, 0.15) is 22.8 Å². The molecule has 0 aliphatic rings. The number of hydrogen-bond acceptors (Lipinski definition) is 3. The normalized spacial score (nSPS) is 11.5. The van der Waals surface area contributed by atoms with Crippen molar-refractivity contribution in [2.24, 2.45) is 5.10 Å². The fourth-order valence-electron chi connectivity index (χ4n) is 2.56. The summed E-state index contributed by atoms with van der Waals surface area (Å²) in [7, 11) is 0. The molecule has 0 saturated carbocycles. The number of nitrogens with zero attached hydrogens (tertiary/aromatic N) is 4. The Morgan fingerprint density at radius 1 is 1.26 bits per heavy atom. The number of aryl methyl sites for hydroxylation is 2. The zero-order chi connectivity index (χ0) is 16.6. The summed E-state index contributed by atoms with van der Waals surface area (Å²) in [6, 6.07) is 9.87. The SMILES string of the molecule is Cc1cc(/C=N\n2c(C)n[nH]c2=S)c(C)n1-c1cccc(Cl)c1. The van der Waals surface area contributed by atoms with Crippen molar-refractivity contribution in [2.75, 3.05) is 0 Å². The van der Waals surface area contributed by atoms with E-state index in [1.807, 2.05) is 31.2 Å². The van der Waals surface area contributed by atoms with Gasteiger partial charge in [-0.05, 0) is 57.3 Å². The van der Waals surface area contributed by atoms with Gasteiger partial charge in [0.15, 0.2) is 0 Å². The monoisotopic (exact) mass is 345 g/mol. The third-order valence-corrected chi connectivity index (χ3v) is 4.16. The second-order valence-corrected chi connectivity index (χ2v) is 6.10. The standard InChI is InChI=1S/C16H16ClN5S/c1-10-7-13(9-18-22-12(3)19-20-16(22)23)11(2)21(10)15-6-4-5-14(17)8-15/h4-9H,1-3H3,(H,20,23)/b18-9-. The quantitative estimate of drug-likeness (QED) is 0.571. The largest absolute Gasteiger partial charge is 0.318 e. The van der Waals surface area contributed by atoms with E-state index in [2.05, 4.69) is 39.8 Å². The average Bonchev–Trinajstić information content (AvgIpc) is 2.97. The number of rotatable bonds is 3. The highest BCUT2D eigenvalue weighted by Crippen LogP contribution is 2.22. The Hall–Kier alpha value is -2.18. The van der Waals surface area contributed by atoms with Gasteiger partial charge in [0.25, 0.3) is 0 Å². The van der Waals surface area contributed by atoms with E-state index in [1.54, 1.807) is 10.9 Å². The lowest BCUT2D eigenvalue weighted by molar-refractivity contribution is 0.820. The topological polar surface area (TPSA) is 50.9 Å². The van der Waals surface area contributed by atoms with Gasteiger partial charge in [0.2, 0.25) is 4.77 Å². The summed E-state index contributed by atoms with van der Waals surface area (Å²) in [6.45, 7) is 5.95. The maximum Gasteiger partial charge on any atom is 0.216 e. The molecular formula is C16H16ClN5S.